The number of nitrogens with zero attached hydrogens (tertiary/aromatic N) is 3. The number of anilines is 1. The van der Waals surface area contributed by atoms with Gasteiger partial charge >= 0.3 is 0 Å². The third kappa shape index (κ3) is 4.79. The van der Waals surface area contributed by atoms with E-state index in [2.05, 4.69) is 10.4 Å². The van der Waals surface area contributed by atoms with Gasteiger partial charge in [0, 0.05) is 30.6 Å². The minimum atomic E-state index is -2.51. The monoisotopic (exact) mass is 448 g/mol. The van der Waals surface area contributed by atoms with Gasteiger partial charge in [0.1, 0.15) is 17.7 Å². The zero-order chi connectivity index (χ0) is 23.0. The number of amides is 1. The number of hydrogen-bond donors (Lipinski definition) is 1. The molecule has 1 aromatic heterocycles. The fourth-order valence-electron chi connectivity index (χ4n) is 4.75. The van der Waals surface area contributed by atoms with Gasteiger partial charge in [-0.15, -0.1) is 0 Å². The quantitative estimate of drug-likeness (QED) is 0.732. The van der Waals surface area contributed by atoms with Gasteiger partial charge in [-0.1, -0.05) is 32.9 Å². The molecule has 1 N–H and O–H groups in total. The summed E-state index contributed by atoms with van der Waals surface area (Å²) < 4.78 is 42.8. The van der Waals surface area contributed by atoms with Crippen molar-refractivity contribution in [1.29, 1.82) is 0 Å². The Morgan fingerprint density at radius 3 is 2.75 bits per heavy atom. The van der Waals surface area contributed by atoms with E-state index in [-0.39, 0.29) is 41.9 Å². The van der Waals surface area contributed by atoms with E-state index in [0.29, 0.717) is 24.5 Å². The van der Waals surface area contributed by atoms with Crippen molar-refractivity contribution in [2.45, 2.75) is 70.4 Å². The molecule has 0 spiro atoms. The zero-order valence-corrected chi connectivity index (χ0v) is 18.8. The standard InChI is InChI=1S/C24H31F3N4O/c1-24(2,3)20-13-21-28-18(12-19(23(26)27)31(21)29-20)16-7-5-9-30(14-16)22(32)11-15-6-4-8-17(25)10-15/h4,6,8,10,13,16,18-19,23,28H,5,7,9,11-12,14H2,1-3H3/t16-,18+,19-/m1/s1. The summed E-state index contributed by atoms with van der Waals surface area (Å²) in [7, 11) is 0. The van der Waals surface area contributed by atoms with Gasteiger partial charge in [0.05, 0.1) is 12.1 Å². The van der Waals surface area contributed by atoms with E-state index in [1.54, 1.807) is 17.0 Å². The van der Waals surface area contributed by atoms with Crippen LogP contribution in [0.3, 0.4) is 0 Å². The molecular formula is C24H31F3N4O. The van der Waals surface area contributed by atoms with Crippen LogP contribution in [0.25, 0.3) is 0 Å². The lowest BCUT2D eigenvalue weighted by Gasteiger charge is -2.41. The first-order valence-corrected chi connectivity index (χ1v) is 11.3. The highest BCUT2D eigenvalue weighted by Gasteiger charge is 2.39. The van der Waals surface area contributed by atoms with Crippen LogP contribution in [-0.4, -0.2) is 46.1 Å². The van der Waals surface area contributed by atoms with Crippen LogP contribution in [0.1, 0.15) is 57.3 Å². The van der Waals surface area contributed by atoms with Crippen molar-refractivity contribution < 1.29 is 18.0 Å². The number of halogens is 3. The van der Waals surface area contributed by atoms with Crippen molar-refractivity contribution in [3.05, 3.63) is 47.4 Å². The van der Waals surface area contributed by atoms with Crippen LogP contribution >= 0.6 is 0 Å². The van der Waals surface area contributed by atoms with Gasteiger partial charge < -0.3 is 10.2 Å². The zero-order valence-electron chi connectivity index (χ0n) is 18.8. The molecule has 0 aliphatic carbocycles. The summed E-state index contributed by atoms with van der Waals surface area (Å²) in [5, 5.41) is 7.92. The molecule has 3 heterocycles. The second kappa shape index (κ2) is 8.79. The van der Waals surface area contributed by atoms with Crippen LogP contribution in [0, 0.1) is 11.7 Å². The van der Waals surface area contributed by atoms with E-state index in [1.807, 2.05) is 26.8 Å². The Hall–Kier alpha value is -2.51. The van der Waals surface area contributed by atoms with Crippen molar-refractivity contribution in [3.63, 3.8) is 0 Å². The van der Waals surface area contributed by atoms with E-state index in [9.17, 15) is 18.0 Å². The second-order valence-electron chi connectivity index (χ2n) is 10.0. The fraction of sp³-hybridized carbons (Fsp3) is 0.583. The summed E-state index contributed by atoms with van der Waals surface area (Å²) in [6.45, 7) is 7.20. The highest BCUT2D eigenvalue weighted by atomic mass is 19.3. The lowest BCUT2D eigenvalue weighted by Crippen LogP contribution is -2.48. The highest BCUT2D eigenvalue weighted by molar-refractivity contribution is 5.78. The van der Waals surface area contributed by atoms with Gasteiger partial charge in [0.15, 0.2) is 0 Å². The molecule has 0 unspecified atom stereocenters. The maximum atomic E-state index is 13.9. The van der Waals surface area contributed by atoms with Crippen LogP contribution in [0.2, 0.25) is 0 Å². The predicted molar refractivity (Wildman–Crippen MR) is 117 cm³/mol. The summed E-state index contributed by atoms with van der Waals surface area (Å²) in [6, 6.07) is 6.81. The smallest absolute Gasteiger partial charge is 0.260 e. The normalized spacial score (nSPS) is 23.7. The van der Waals surface area contributed by atoms with E-state index in [0.717, 1.165) is 18.5 Å². The van der Waals surface area contributed by atoms with Crippen LogP contribution in [-0.2, 0) is 16.6 Å². The summed E-state index contributed by atoms with van der Waals surface area (Å²) >= 11 is 0. The summed E-state index contributed by atoms with van der Waals surface area (Å²) in [5.41, 5.74) is 1.19. The molecule has 1 amide bonds. The maximum Gasteiger partial charge on any atom is 0.260 e. The third-order valence-corrected chi connectivity index (χ3v) is 6.56. The predicted octanol–water partition coefficient (Wildman–Crippen LogP) is 4.79. The van der Waals surface area contributed by atoms with E-state index >= 15 is 0 Å². The molecule has 3 atom stereocenters. The number of piperidine rings is 1. The summed E-state index contributed by atoms with van der Waals surface area (Å²) in [4.78, 5) is 14.6. The number of carbonyl (C=O) groups is 1. The molecule has 5 nitrogen and oxygen atoms in total. The number of alkyl halides is 2. The SMILES string of the molecule is CC(C)(C)c1cc2n(n1)[C@@H](C(F)F)C[C@@H]([C@@H]1CCCN(C(=O)Cc3cccc(F)c3)C1)N2. The number of likely N-dealkylation sites (tertiary alicyclic amines) is 1. The highest BCUT2D eigenvalue weighted by Crippen LogP contribution is 2.38. The number of rotatable bonds is 4. The minimum Gasteiger partial charge on any atom is -0.367 e. The Labute approximate surface area is 187 Å². The number of fused-ring (bicyclic) bond motifs is 1. The van der Waals surface area contributed by atoms with Crippen LogP contribution in [0.15, 0.2) is 30.3 Å². The van der Waals surface area contributed by atoms with Crippen LogP contribution in [0.4, 0.5) is 19.0 Å². The largest absolute Gasteiger partial charge is 0.367 e. The third-order valence-electron chi connectivity index (χ3n) is 6.56. The van der Waals surface area contributed by atoms with Crippen molar-refractivity contribution in [2.75, 3.05) is 18.4 Å². The van der Waals surface area contributed by atoms with E-state index < -0.39 is 12.5 Å². The lowest BCUT2D eigenvalue weighted by atomic mass is 9.85. The van der Waals surface area contributed by atoms with Crippen molar-refractivity contribution in [1.82, 2.24) is 14.7 Å². The Morgan fingerprint density at radius 1 is 1.28 bits per heavy atom. The average molecular weight is 449 g/mol. The molecule has 2 aromatic rings. The first kappa shape index (κ1) is 22.7. The van der Waals surface area contributed by atoms with Gasteiger partial charge in [-0.05, 0) is 42.9 Å². The van der Waals surface area contributed by atoms with E-state index in [1.165, 1.54) is 16.8 Å². The van der Waals surface area contributed by atoms with Crippen LogP contribution < -0.4 is 5.32 Å². The molecule has 0 bridgehead atoms. The maximum absolute atomic E-state index is 13.9. The van der Waals surface area contributed by atoms with Gasteiger partial charge in [-0.3, -0.25) is 4.79 Å². The first-order valence-electron chi connectivity index (χ1n) is 11.3. The van der Waals surface area contributed by atoms with Crippen molar-refractivity contribution in [3.8, 4) is 0 Å². The fourth-order valence-corrected chi connectivity index (χ4v) is 4.75. The molecule has 174 valence electrons. The second-order valence-corrected chi connectivity index (χ2v) is 10.0. The van der Waals surface area contributed by atoms with Gasteiger partial charge in [0.25, 0.3) is 6.43 Å². The molecule has 1 aromatic carbocycles. The molecule has 0 radical (unpaired) electrons. The van der Waals surface area contributed by atoms with Gasteiger partial charge in [-0.25, -0.2) is 17.9 Å². The number of benzene rings is 1. The Kier molecular flexibility index (Phi) is 6.23. The van der Waals surface area contributed by atoms with Crippen molar-refractivity contribution in [2.24, 2.45) is 5.92 Å². The molecule has 4 rings (SSSR count). The van der Waals surface area contributed by atoms with Crippen LogP contribution in [0.5, 0.6) is 0 Å². The Morgan fingerprint density at radius 2 is 2.06 bits per heavy atom. The Bertz CT molecular complexity index is 968. The van der Waals surface area contributed by atoms with E-state index in [4.69, 9.17) is 0 Å². The van der Waals surface area contributed by atoms with Gasteiger partial charge in [0.2, 0.25) is 5.91 Å². The molecule has 2 aliphatic heterocycles. The molecule has 0 saturated carbocycles. The topological polar surface area (TPSA) is 50.2 Å². The van der Waals surface area contributed by atoms with Gasteiger partial charge in [-0.2, -0.15) is 5.10 Å². The molecule has 2 aliphatic rings. The summed E-state index contributed by atoms with van der Waals surface area (Å²) in [5.74, 6) is 0.284. The van der Waals surface area contributed by atoms with Crippen molar-refractivity contribution >= 4 is 11.7 Å². The molecule has 8 heteroatoms. The number of hydrogen-bond acceptors (Lipinski definition) is 3. The number of aromatic nitrogens is 2. The number of nitrogens with one attached hydrogen (secondary N) is 1. The molecule has 32 heavy (non-hydrogen) atoms. The lowest BCUT2D eigenvalue weighted by molar-refractivity contribution is -0.132. The molecule has 1 saturated heterocycles. The molecular weight excluding hydrogens is 417 g/mol. The first-order chi connectivity index (χ1) is 15.1. The average Bonchev–Trinajstić information content (AvgIpc) is 3.18. The molecule has 1 fully saturated rings. The minimum absolute atomic E-state index is 0.0541. The number of carbonyl (C=O) groups excluding carboxylic acids is 1. The Balaban J connectivity index is 1.48. The summed E-state index contributed by atoms with van der Waals surface area (Å²) in [6.07, 6.45) is -0.405.